The molecule has 0 unspecified atom stereocenters. The lowest BCUT2D eigenvalue weighted by atomic mass is 10.2. The van der Waals surface area contributed by atoms with E-state index < -0.39 is 8.80 Å². The van der Waals surface area contributed by atoms with E-state index in [4.69, 9.17) is 9.47 Å². The lowest BCUT2D eigenvalue weighted by Gasteiger charge is -2.15. The number of ether oxygens (including phenoxy) is 2. The van der Waals surface area contributed by atoms with Gasteiger partial charge in [0.1, 0.15) is 8.80 Å². The van der Waals surface area contributed by atoms with E-state index in [1.54, 1.807) is 14.2 Å². The van der Waals surface area contributed by atoms with E-state index >= 15 is 0 Å². The van der Waals surface area contributed by atoms with Gasteiger partial charge < -0.3 is 9.47 Å². The van der Waals surface area contributed by atoms with Crippen LogP contribution >= 0.6 is 0 Å². The van der Waals surface area contributed by atoms with E-state index in [2.05, 4.69) is 31.2 Å². The third-order valence-corrected chi connectivity index (χ3v) is 4.76. The summed E-state index contributed by atoms with van der Waals surface area (Å²) in [6.45, 7) is 2.14. The van der Waals surface area contributed by atoms with Gasteiger partial charge in [-0.3, -0.25) is 0 Å². The standard InChI is InChI=1S/C11H17O2Si/c1-10-6-4-5-7-11(10)14(8-12-2)9-13-3/h4-7H,8-9H2,1-3H3. The van der Waals surface area contributed by atoms with Crippen LogP contribution in [0.3, 0.4) is 0 Å². The number of hydrogen-bond donors (Lipinski definition) is 0. The summed E-state index contributed by atoms with van der Waals surface area (Å²) in [5.74, 6) is 0. The van der Waals surface area contributed by atoms with Crippen LogP contribution in [0.2, 0.25) is 0 Å². The Bertz CT molecular complexity index is 270. The number of hydrogen-bond acceptors (Lipinski definition) is 2. The average Bonchev–Trinajstić information content (AvgIpc) is 2.18. The summed E-state index contributed by atoms with van der Waals surface area (Å²) < 4.78 is 10.5. The molecule has 1 radical (unpaired) electrons. The maximum atomic E-state index is 5.23. The molecule has 0 aromatic heterocycles. The van der Waals surface area contributed by atoms with E-state index in [9.17, 15) is 0 Å². The predicted octanol–water partition coefficient (Wildman–Crippen LogP) is 1.07. The molecule has 0 bridgehead atoms. The first-order chi connectivity index (χ1) is 6.79. The summed E-state index contributed by atoms with van der Waals surface area (Å²) in [4.78, 5) is 0. The summed E-state index contributed by atoms with van der Waals surface area (Å²) in [6, 6.07) is 8.48. The maximum Gasteiger partial charge on any atom is 0.146 e. The number of aryl methyl sites for hydroxylation is 1. The van der Waals surface area contributed by atoms with Crippen molar-refractivity contribution in [2.24, 2.45) is 0 Å². The average molecular weight is 209 g/mol. The Kier molecular flexibility index (Phi) is 4.86. The van der Waals surface area contributed by atoms with Gasteiger partial charge in [0.25, 0.3) is 0 Å². The molecular weight excluding hydrogens is 192 g/mol. The van der Waals surface area contributed by atoms with Crippen LogP contribution in [0.4, 0.5) is 0 Å². The molecule has 0 amide bonds. The lowest BCUT2D eigenvalue weighted by Crippen LogP contribution is -2.41. The van der Waals surface area contributed by atoms with Gasteiger partial charge >= 0.3 is 0 Å². The highest BCUT2D eigenvalue weighted by atomic mass is 28.3. The Hall–Kier alpha value is -0.643. The number of methoxy groups -OCH3 is 2. The Morgan fingerprint density at radius 3 is 2.14 bits per heavy atom. The van der Waals surface area contributed by atoms with Crippen LogP contribution in [0.25, 0.3) is 0 Å². The lowest BCUT2D eigenvalue weighted by molar-refractivity contribution is 0.224. The van der Waals surface area contributed by atoms with Crippen LogP contribution in [-0.4, -0.2) is 35.5 Å². The summed E-state index contributed by atoms with van der Waals surface area (Å²) in [5.41, 5.74) is 1.34. The van der Waals surface area contributed by atoms with Crippen LogP contribution in [0, 0.1) is 6.92 Å². The van der Waals surface area contributed by atoms with Gasteiger partial charge in [0, 0.05) is 26.7 Å². The third kappa shape index (κ3) is 2.94. The molecule has 0 aliphatic rings. The van der Waals surface area contributed by atoms with E-state index in [1.807, 2.05) is 0 Å². The van der Waals surface area contributed by atoms with Crippen molar-refractivity contribution in [3.8, 4) is 0 Å². The fraction of sp³-hybridized carbons (Fsp3) is 0.455. The second-order valence-electron chi connectivity index (χ2n) is 3.28. The van der Waals surface area contributed by atoms with Gasteiger partial charge in [0.2, 0.25) is 0 Å². The van der Waals surface area contributed by atoms with Crippen molar-refractivity contribution in [2.45, 2.75) is 6.92 Å². The zero-order valence-electron chi connectivity index (χ0n) is 9.04. The van der Waals surface area contributed by atoms with Crippen LogP contribution in [0.1, 0.15) is 5.56 Å². The summed E-state index contributed by atoms with van der Waals surface area (Å²) in [7, 11) is 2.80. The van der Waals surface area contributed by atoms with Crippen molar-refractivity contribution in [3.63, 3.8) is 0 Å². The minimum Gasteiger partial charge on any atom is -0.388 e. The predicted molar refractivity (Wildman–Crippen MR) is 60.3 cm³/mol. The SMILES string of the molecule is COC[Si](COC)c1ccccc1C. The second kappa shape index (κ2) is 5.96. The van der Waals surface area contributed by atoms with Crippen molar-refractivity contribution < 1.29 is 9.47 Å². The van der Waals surface area contributed by atoms with E-state index in [0.29, 0.717) is 0 Å². The number of rotatable bonds is 5. The minimum atomic E-state index is -0.699. The van der Waals surface area contributed by atoms with Crippen molar-refractivity contribution in [1.29, 1.82) is 0 Å². The van der Waals surface area contributed by atoms with Gasteiger partial charge in [-0.2, -0.15) is 0 Å². The topological polar surface area (TPSA) is 18.5 Å². The van der Waals surface area contributed by atoms with Gasteiger partial charge in [0.05, 0.1) is 0 Å². The molecule has 1 rings (SSSR count). The fourth-order valence-electron chi connectivity index (χ4n) is 1.52. The van der Waals surface area contributed by atoms with Crippen molar-refractivity contribution >= 4 is 14.0 Å². The molecule has 0 saturated carbocycles. The van der Waals surface area contributed by atoms with Gasteiger partial charge in [-0.1, -0.05) is 35.0 Å². The molecule has 0 saturated heterocycles. The molecule has 2 nitrogen and oxygen atoms in total. The normalized spacial score (nSPS) is 10.9. The Morgan fingerprint density at radius 2 is 1.64 bits per heavy atom. The van der Waals surface area contributed by atoms with Crippen LogP contribution in [0.15, 0.2) is 24.3 Å². The van der Waals surface area contributed by atoms with Gasteiger partial charge in [0.15, 0.2) is 0 Å². The first-order valence-corrected chi connectivity index (χ1v) is 6.59. The molecule has 0 aliphatic heterocycles. The molecule has 0 fully saturated rings. The molecule has 1 aromatic carbocycles. The zero-order chi connectivity index (χ0) is 10.4. The highest BCUT2D eigenvalue weighted by Gasteiger charge is 2.15. The van der Waals surface area contributed by atoms with Gasteiger partial charge in [-0.05, 0) is 6.92 Å². The Morgan fingerprint density at radius 1 is 1.07 bits per heavy atom. The molecule has 0 N–H and O–H groups in total. The first-order valence-electron chi connectivity index (χ1n) is 4.68. The van der Waals surface area contributed by atoms with Crippen molar-refractivity contribution in [2.75, 3.05) is 26.7 Å². The highest BCUT2D eigenvalue weighted by Crippen LogP contribution is 1.97. The fourth-order valence-corrected chi connectivity index (χ4v) is 3.58. The Balaban J connectivity index is 2.81. The smallest absolute Gasteiger partial charge is 0.146 e. The van der Waals surface area contributed by atoms with Crippen molar-refractivity contribution in [1.82, 2.24) is 0 Å². The molecular formula is C11H17O2Si. The Labute approximate surface area is 87.5 Å². The van der Waals surface area contributed by atoms with Crippen LogP contribution in [-0.2, 0) is 9.47 Å². The van der Waals surface area contributed by atoms with E-state index in [-0.39, 0.29) is 0 Å². The molecule has 14 heavy (non-hydrogen) atoms. The molecule has 0 atom stereocenters. The molecule has 0 heterocycles. The second-order valence-corrected chi connectivity index (χ2v) is 5.61. The molecule has 77 valence electrons. The maximum absolute atomic E-state index is 5.23. The van der Waals surface area contributed by atoms with Crippen molar-refractivity contribution in [3.05, 3.63) is 29.8 Å². The molecule has 0 aliphatic carbocycles. The van der Waals surface area contributed by atoms with Gasteiger partial charge in [-0.25, -0.2) is 0 Å². The first kappa shape index (κ1) is 11.4. The largest absolute Gasteiger partial charge is 0.388 e. The minimum absolute atomic E-state index is 0.699. The summed E-state index contributed by atoms with van der Waals surface area (Å²) in [6.07, 6.45) is 1.62. The van der Waals surface area contributed by atoms with Crippen LogP contribution in [0.5, 0.6) is 0 Å². The summed E-state index contributed by atoms with van der Waals surface area (Å²) in [5, 5.41) is 1.42. The highest BCUT2D eigenvalue weighted by molar-refractivity contribution is 6.73. The van der Waals surface area contributed by atoms with E-state index in [0.717, 1.165) is 12.5 Å². The molecule has 3 heteroatoms. The van der Waals surface area contributed by atoms with Crippen LogP contribution < -0.4 is 5.19 Å². The quantitative estimate of drug-likeness (QED) is 0.675. The third-order valence-electron chi connectivity index (χ3n) is 2.16. The molecule has 0 spiro atoms. The monoisotopic (exact) mass is 209 g/mol. The van der Waals surface area contributed by atoms with E-state index in [1.165, 1.54) is 10.8 Å². The number of benzene rings is 1. The van der Waals surface area contributed by atoms with Gasteiger partial charge in [-0.15, -0.1) is 0 Å². The zero-order valence-corrected chi connectivity index (χ0v) is 10.0. The summed E-state index contributed by atoms with van der Waals surface area (Å²) >= 11 is 0. The molecule has 1 aromatic rings.